The van der Waals surface area contributed by atoms with Crippen LogP contribution in [0.4, 0.5) is 14.7 Å². The molecule has 1 aliphatic rings. The smallest absolute Gasteiger partial charge is 0.221 e. The van der Waals surface area contributed by atoms with Gasteiger partial charge in [-0.2, -0.15) is 0 Å². The molecule has 4 nitrogen and oxygen atoms in total. The van der Waals surface area contributed by atoms with Crippen LogP contribution in [0.2, 0.25) is 0 Å². The topological polar surface area (TPSA) is 64.2 Å². The van der Waals surface area contributed by atoms with Gasteiger partial charge < -0.3 is 5.73 Å². The average Bonchev–Trinajstić information content (AvgIpc) is 2.74. The summed E-state index contributed by atoms with van der Waals surface area (Å²) in [6.45, 7) is 0.216. The van der Waals surface area contributed by atoms with Gasteiger partial charge in [-0.25, -0.2) is 18.7 Å². The average molecular weight is 322 g/mol. The fourth-order valence-electron chi connectivity index (χ4n) is 2.87. The molecule has 0 radical (unpaired) electrons. The van der Waals surface area contributed by atoms with Gasteiger partial charge in [-0.15, -0.1) is 0 Å². The van der Waals surface area contributed by atoms with Crippen LogP contribution in [0.15, 0.2) is 47.5 Å². The zero-order valence-corrected chi connectivity index (χ0v) is 12.5. The molecular formula is C18H12F2N4. The summed E-state index contributed by atoms with van der Waals surface area (Å²) < 4.78 is 28.5. The van der Waals surface area contributed by atoms with E-state index in [1.807, 2.05) is 24.3 Å². The second-order valence-electron chi connectivity index (χ2n) is 5.41. The molecule has 0 bridgehead atoms. The second kappa shape index (κ2) is 5.49. The number of nitrogens with two attached hydrogens (primary N) is 1. The largest absolute Gasteiger partial charge is 0.368 e. The Balaban J connectivity index is 2.07. The summed E-state index contributed by atoms with van der Waals surface area (Å²) in [6, 6.07) is 11.2. The van der Waals surface area contributed by atoms with Crippen molar-refractivity contribution in [2.45, 2.75) is 6.54 Å². The van der Waals surface area contributed by atoms with E-state index in [2.05, 4.69) is 15.0 Å². The molecular weight excluding hydrogens is 310 g/mol. The first kappa shape index (κ1) is 14.4. The minimum Gasteiger partial charge on any atom is -0.368 e. The highest BCUT2D eigenvalue weighted by Crippen LogP contribution is 2.36. The number of benzene rings is 2. The fraction of sp³-hybridized carbons (Fsp3) is 0.0556. The third-order valence-electron chi connectivity index (χ3n) is 3.92. The predicted octanol–water partition coefficient (Wildman–Crippen LogP) is 3.60. The number of aromatic nitrogens is 2. The van der Waals surface area contributed by atoms with E-state index in [0.717, 1.165) is 11.1 Å². The van der Waals surface area contributed by atoms with E-state index < -0.39 is 11.6 Å². The zero-order valence-electron chi connectivity index (χ0n) is 12.5. The van der Waals surface area contributed by atoms with Crippen LogP contribution < -0.4 is 5.73 Å². The highest BCUT2D eigenvalue weighted by Gasteiger charge is 2.23. The lowest BCUT2D eigenvalue weighted by molar-refractivity contribution is 0.588. The van der Waals surface area contributed by atoms with E-state index in [0.29, 0.717) is 11.3 Å². The van der Waals surface area contributed by atoms with Crippen molar-refractivity contribution in [3.05, 3.63) is 65.2 Å². The Hall–Kier alpha value is -3.15. The minimum absolute atomic E-state index is 0.0388. The maximum absolute atomic E-state index is 14.3. The molecule has 0 aliphatic carbocycles. The SMILES string of the molecule is Nc1nc2c(c(-c3c(F)cccc3F)n1)CN=Cc1ccccc1-2. The van der Waals surface area contributed by atoms with E-state index in [9.17, 15) is 8.78 Å². The van der Waals surface area contributed by atoms with Gasteiger partial charge in [-0.3, -0.25) is 4.99 Å². The number of halogens is 2. The Labute approximate surface area is 136 Å². The lowest BCUT2D eigenvalue weighted by Crippen LogP contribution is -2.06. The van der Waals surface area contributed by atoms with Gasteiger partial charge in [0.1, 0.15) is 11.6 Å². The van der Waals surface area contributed by atoms with Gasteiger partial charge in [-0.05, 0) is 12.1 Å². The van der Waals surface area contributed by atoms with Crippen LogP contribution in [-0.4, -0.2) is 16.2 Å². The van der Waals surface area contributed by atoms with Crippen molar-refractivity contribution in [3.63, 3.8) is 0 Å². The van der Waals surface area contributed by atoms with Crippen LogP contribution in [0.25, 0.3) is 22.5 Å². The Morgan fingerprint density at radius 1 is 0.875 bits per heavy atom. The molecule has 6 heteroatoms. The molecule has 1 aromatic heterocycles. The van der Waals surface area contributed by atoms with E-state index >= 15 is 0 Å². The maximum Gasteiger partial charge on any atom is 0.221 e. The highest BCUT2D eigenvalue weighted by atomic mass is 19.1. The molecule has 1 aliphatic heterocycles. The Bertz CT molecular complexity index is 962. The van der Waals surface area contributed by atoms with Crippen molar-refractivity contribution >= 4 is 12.2 Å². The third-order valence-corrected chi connectivity index (χ3v) is 3.92. The molecule has 2 aromatic carbocycles. The van der Waals surface area contributed by atoms with E-state index in [4.69, 9.17) is 5.73 Å². The van der Waals surface area contributed by atoms with Crippen molar-refractivity contribution in [1.82, 2.24) is 9.97 Å². The summed E-state index contributed by atoms with van der Waals surface area (Å²) in [6.07, 6.45) is 1.72. The molecule has 3 aromatic rings. The Morgan fingerprint density at radius 3 is 2.38 bits per heavy atom. The fourth-order valence-corrected chi connectivity index (χ4v) is 2.87. The lowest BCUT2D eigenvalue weighted by atomic mass is 9.98. The van der Waals surface area contributed by atoms with Crippen LogP contribution in [0, 0.1) is 11.6 Å². The van der Waals surface area contributed by atoms with Crippen LogP contribution in [-0.2, 0) is 6.54 Å². The molecule has 0 unspecified atom stereocenters. The number of rotatable bonds is 1. The molecule has 24 heavy (non-hydrogen) atoms. The van der Waals surface area contributed by atoms with Gasteiger partial charge in [0.15, 0.2) is 0 Å². The van der Waals surface area contributed by atoms with Crippen molar-refractivity contribution in [2.24, 2.45) is 4.99 Å². The highest BCUT2D eigenvalue weighted by molar-refractivity contribution is 5.92. The first-order valence-electron chi connectivity index (χ1n) is 7.35. The standard InChI is InChI=1S/C18H12F2N4/c19-13-6-3-7-14(20)15(13)17-12-9-22-8-10-4-1-2-5-11(10)16(12)23-18(21)24-17/h1-8H,9H2,(H2,21,23,24). The van der Waals surface area contributed by atoms with E-state index in [1.165, 1.54) is 18.2 Å². The minimum atomic E-state index is -0.697. The normalized spacial score (nSPS) is 12.4. The van der Waals surface area contributed by atoms with E-state index in [1.54, 1.807) is 6.21 Å². The number of nitrogen functional groups attached to an aromatic ring is 1. The van der Waals surface area contributed by atoms with Gasteiger partial charge in [0.2, 0.25) is 5.95 Å². The van der Waals surface area contributed by atoms with Crippen LogP contribution in [0.5, 0.6) is 0 Å². The maximum atomic E-state index is 14.3. The predicted molar refractivity (Wildman–Crippen MR) is 88.5 cm³/mol. The molecule has 0 amide bonds. The second-order valence-corrected chi connectivity index (χ2v) is 5.41. The van der Waals surface area contributed by atoms with Gasteiger partial charge >= 0.3 is 0 Å². The first-order valence-corrected chi connectivity index (χ1v) is 7.35. The molecule has 0 atom stereocenters. The van der Waals surface area contributed by atoms with Crippen LogP contribution in [0.1, 0.15) is 11.1 Å². The van der Waals surface area contributed by atoms with Crippen molar-refractivity contribution < 1.29 is 8.78 Å². The van der Waals surface area contributed by atoms with Gasteiger partial charge in [0.05, 0.1) is 23.5 Å². The molecule has 0 fully saturated rings. The number of fused-ring (bicyclic) bond motifs is 3. The molecule has 2 N–H and O–H groups in total. The number of hydrogen-bond acceptors (Lipinski definition) is 4. The van der Waals surface area contributed by atoms with Gasteiger partial charge in [-0.1, -0.05) is 30.3 Å². The molecule has 0 saturated heterocycles. The molecule has 0 spiro atoms. The summed E-state index contributed by atoms with van der Waals surface area (Å²) in [5.74, 6) is -1.43. The zero-order chi connectivity index (χ0) is 16.7. The van der Waals surface area contributed by atoms with E-state index in [-0.39, 0.29) is 23.8 Å². The van der Waals surface area contributed by atoms with Crippen LogP contribution in [0.3, 0.4) is 0 Å². The first-order chi connectivity index (χ1) is 11.6. The Kier molecular flexibility index (Phi) is 3.30. The number of nitrogens with zero attached hydrogens (tertiary/aromatic N) is 3. The molecule has 2 heterocycles. The summed E-state index contributed by atoms with van der Waals surface area (Å²) in [7, 11) is 0. The summed E-state index contributed by atoms with van der Waals surface area (Å²) in [4.78, 5) is 12.7. The Morgan fingerprint density at radius 2 is 1.58 bits per heavy atom. The third kappa shape index (κ3) is 2.23. The summed E-state index contributed by atoms with van der Waals surface area (Å²) in [5.41, 5.74) is 8.53. The number of anilines is 1. The van der Waals surface area contributed by atoms with Gasteiger partial charge in [0, 0.05) is 22.9 Å². The van der Waals surface area contributed by atoms with Gasteiger partial charge in [0.25, 0.3) is 0 Å². The monoisotopic (exact) mass is 322 g/mol. The molecule has 0 saturated carbocycles. The number of hydrogen-bond donors (Lipinski definition) is 1. The molecule has 118 valence electrons. The van der Waals surface area contributed by atoms with Crippen molar-refractivity contribution in [2.75, 3.05) is 5.73 Å². The number of aliphatic imine (C=N–C) groups is 1. The van der Waals surface area contributed by atoms with Crippen molar-refractivity contribution in [3.8, 4) is 22.5 Å². The quantitative estimate of drug-likeness (QED) is 0.744. The molecule has 4 rings (SSSR count). The van der Waals surface area contributed by atoms with Crippen LogP contribution >= 0.6 is 0 Å². The lowest BCUT2D eigenvalue weighted by Gasteiger charge is -2.14. The summed E-state index contributed by atoms with van der Waals surface area (Å²) in [5, 5.41) is 0. The van der Waals surface area contributed by atoms with Crippen molar-refractivity contribution in [1.29, 1.82) is 0 Å². The summed E-state index contributed by atoms with van der Waals surface area (Å²) >= 11 is 0.